The van der Waals surface area contributed by atoms with Gasteiger partial charge >= 0.3 is 6.18 Å². The predicted octanol–water partition coefficient (Wildman–Crippen LogP) is 3.94. The lowest BCUT2D eigenvalue weighted by Gasteiger charge is -2.24. The molecule has 3 atom stereocenters. The molecule has 2 fully saturated rings. The summed E-state index contributed by atoms with van der Waals surface area (Å²) in [5, 5.41) is 3.36. The van der Waals surface area contributed by atoms with Gasteiger partial charge in [-0.1, -0.05) is 18.6 Å². The lowest BCUT2D eigenvalue weighted by molar-refractivity contribution is -0.137. The average molecular weight is 314 g/mol. The third-order valence-corrected chi connectivity index (χ3v) is 4.90. The lowest BCUT2D eigenvalue weighted by atomic mass is 9.95. The first-order valence-electron chi connectivity index (χ1n) is 7.12. The zero-order valence-electron chi connectivity index (χ0n) is 11.4. The Balaban J connectivity index is 1.84. The van der Waals surface area contributed by atoms with Crippen LogP contribution in [0.2, 0.25) is 0 Å². The van der Waals surface area contributed by atoms with Gasteiger partial charge in [-0.3, -0.25) is 0 Å². The van der Waals surface area contributed by atoms with Crippen molar-refractivity contribution in [3.63, 3.8) is 0 Å². The van der Waals surface area contributed by atoms with Crippen molar-refractivity contribution in [1.29, 1.82) is 0 Å². The Morgan fingerprint density at radius 2 is 2.00 bits per heavy atom. The molecule has 0 radical (unpaired) electrons. The molecule has 0 spiro atoms. The summed E-state index contributed by atoms with van der Waals surface area (Å²) in [6.07, 6.45) is 0.400. The van der Waals surface area contributed by atoms with Crippen molar-refractivity contribution in [3.8, 4) is 0 Å². The molecule has 114 valence electrons. The highest BCUT2D eigenvalue weighted by atomic mass is 32.1. The monoisotopic (exact) mass is 314 g/mol. The third-order valence-electron chi connectivity index (χ3n) is 4.68. The largest absolute Gasteiger partial charge is 0.417 e. The van der Waals surface area contributed by atoms with E-state index in [0.29, 0.717) is 17.6 Å². The van der Waals surface area contributed by atoms with Gasteiger partial charge in [0, 0.05) is 17.3 Å². The van der Waals surface area contributed by atoms with Gasteiger partial charge in [0.05, 0.1) is 5.56 Å². The van der Waals surface area contributed by atoms with Crippen LogP contribution < -0.4 is 11.1 Å². The Morgan fingerprint density at radius 1 is 1.24 bits per heavy atom. The molecule has 21 heavy (non-hydrogen) atoms. The van der Waals surface area contributed by atoms with Gasteiger partial charge < -0.3 is 11.1 Å². The number of fused-ring (bicyclic) bond motifs is 2. The summed E-state index contributed by atoms with van der Waals surface area (Å²) in [5.74, 6) is 1.42. The minimum absolute atomic E-state index is 0.106. The van der Waals surface area contributed by atoms with Gasteiger partial charge in [0.2, 0.25) is 0 Å². The molecule has 0 heterocycles. The topological polar surface area (TPSA) is 38.0 Å². The minimum Gasteiger partial charge on any atom is -0.389 e. The quantitative estimate of drug-likeness (QED) is 0.830. The Morgan fingerprint density at radius 3 is 2.52 bits per heavy atom. The summed E-state index contributed by atoms with van der Waals surface area (Å²) in [6, 6.07) is 4.32. The van der Waals surface area contributed by atoms with Gasteiger partial charge in [-0.25, -0.2) is 0 Å². The highest BCUT2D eigenvalue weighted by Crippen LogP contribution is 2.45. The molecule has 3 rings (SSSR count). The van der Waals surface area contributed by atoms with E-state index in [-0.39, 0.29) is 10.6 Å². The lowest BCUT2D eigenvalue weighted by Crippen LogP contribution is -2.26. The van der Waals surface area contributed by atoms with Crippen LogP contribution in [0.15, 0.2) is 18.2 Å². The van der Waals surface area contributed by atoms with Crippen molar-refractivity contribution in [2.24, 2.45) is 17.6 Å². The molecule has 0 saturated heterocycles. The number of hydrogen-bond donors (Lipinski definition) is 2. The van der Waals surface area contributed by atoms with Crippen molar-refractivity contribution < 1.29 is 13.2 Å². The maximum Gasteiger partial charge on any atom is 0.417 e. The summed E-state index contributed by atoms with van der Waals surface area (Å²) < 4.78 is 38.8. The highest BCUT2D eigenvalue weighted by molar-refractivity contribution is 7.80. The number of thiocarbonyl (C=S) groups is 1. The van der Waals surface area contributed by atoms with E-state index in [4.69, 9.17) is 18.0 Å². The van der Waals surface area contributed by atoms with E-state index in [1.54, 1.807) is 0 Å². The van der Waals surface area contributed by atoms with Crippen molar-refractivity contribution in [3.05, 3.63) is 29.3 Å². The van der Waals surface area contributed by atoms with Gasteiger partial charge in [-0.05, 0) is 49.3 Å². The third kappa shape index (κ3) is 2.86. The van der Waals surface area contributed by atoms with Crippen molar-refractivity contribution in [2.45, 2.75) is 37.9 Å². The summed E-state index contributed by atoms with van der Waals surface area (Å²) in [7, 11) is 0. The maximum absolute atomic E-state index is 12.9. The Labute approximate surface area is 126 Å². The summed E-state index contributed by atoms with van der Waals surface area (Å²) in [5.41, 5.74) is 5.25. The number of benzene rings is 1. The van der Waals surface area contributed by atoms with Crippen LogP contribution in [0.1, 0.15) is 36.8 Å². The molecular formula is C15H17F3N2S. The Bertz CT molecular complexity index is 571. The SMILES string of the molecule is NC(=S)c1cc(NC2CC3CCC2C3)ccc1C(F)(F)F. The normalized spacial score (nSPS) is 27.9. The number of halogens is 3. The van der Waals surface area contributed by atoms with Crippen LogP contribution in [0, 0.1) is 11.8 Å². The van der Waals surface area contributed by atoms with Gasteiger partial charge in [-0.15, -0.1) is 0 Å². The summed E-state index contributed by atoms with van der Waals surface area (Å²) >= 11 is 4.76. The van der Waals surface area contributed by atoms with E-state index in [1.165, 1.54) is 31.4 Å². The summed E-state index contributed by atoms with van der Waals surface area (Å²) in [4.78, 5) is -0.223. The predicted molar refractivity (Wildman–Crippen MR) is 80.2 cm³/mol. The first kappa shape index (κ1) is 14.6. The standard InChI is InChI=1S/C15H17F3N2S/c16-15(17,18)12-4-3-10(7-11(12)14(19)21)20-13-6-8-1-2-9(13)5-8/h3-4,7-9,13,20H,1-2,5-6H2,(H2,19,21). The molecule has 0 aliphatic heterocycles. The van der Waals surface area contributed by atoms with E-state index in [2.05, 4.69) is 5.32 Å². The molecule has 2 bridgehead atoms. The van der Waals surface area contributed by atoms with Crippen LogP contribution in [-0.4, -0.2) is 11.0 Å². The maximum atomic E-state index is 12.9. The number of rotatable bonds is 3. The number of nitrogens with two attached hydrogens (primary N) is 1. The van der Waals surface area contributed by atoms with E-state index in [0.717, 1.165) is 18.4 Å². The minimum atomic E-state index is -4.44. The molecule has 2 aliphatic carbocycles. The van der Waals surface area contributed by atoms with Gasteiger partial charge in [0.15, 0.2) is 0 Å². The molecule has 3 unspecified atom stereocenters. The van der Waals surface area contributed by atoms with Crippen LogP contribution in [0.3, 0.4) is 0 Å². The van der Waals surface area contributed by atoms with Crippen LogP contribution in [0.5, 0.6) is 0 Å². The molecule has 2 saturated carbocycles. The molecule has 2 aliphatic rings. The molecule has 0 amide bonds. The Hall–Kier alpha value is -1.30. The van der Waals surface area contributed by atoms with Crippen molar-refractivity contribution >= 4 is 22.9 Å². The highest BCUT2D eigenvalue weighted by Gasteiger charge is 2.39. The number of hydrogen-bond acceptors (Lipinski definition) is 2. The van der Waals surface area contributed by atoms with Crippen molar-refractivity contribution in [1.82, 2.24) is 0 Å². The molecule has 2 nitrogen and oxygen atoms in total. The van der Waals surface area contributed by atoms with Gasteiger partial charge in [0.25, 0.3) is 0 Å². The Kier molecular flexibility index (Phi) is 3.59. The fraction of sp³-hybridized carbons (Fsp3) is 0.533. The van der Waals surface area contributed by atoms with Crippen LogP contribution in [0.25, 0.3) is 0 Å². The molecular weight excluding hydrogens is 297 g/mol. The first-order chi connectivity index (χ1) is 9.84. The van der Waals surface area contributed by atoms with E-state index >= 15 is 0 Å². The zero-order chi connectivity index (χ0) is 15.2. The smallest absolute Gasteiger partial charge is 0.389 e. The second kappa shape index (κ2) is 5.16. The van der Waals surface area contributed by atoms with E-state index in [1.807, 2.05) is 0 Å². The number of nitrogens with one attached hydrogen (secondary N) is 1. The number of anilines is 1. The van der Waals surface area contributed by atoms with E-state index < -0.39 is 11.7 Å². The molecule has 0 aromatic heterocycles. The van der Waals surface area contributed by atoms with Crippen LogP contribution in [-0.2, 0) is 6.18 Å². The van der Waals surface area contributed by atoms with Crippen molar-refractivity contribution in [2.75, 3.05) is 5.32 Å². The zero-order valence-corrected chi connectivity index (χ0v) is 12.2. The summed E-state index contributed by atoms with van der Waals surface area (Å²) in [6.45, 7) is 0. The molecule has 3 N–H and O–H groups in total. The second-order valence-corrected chi connectivity index (χ2v) is 6.49. The molecule has 1 aromatic carbocycles. The molecule has 1 aromatic rings. The van der Waals surface area contributed by atoms with Gasteiger partial charge in [0.1, 0.15) is 4.99 Å². The molecule has 6 heteroatoms. The number of alkyl halides is 3. The average Bonchev–Trinajstić information content (AvgIpc) is 2.99. The van der Waals surface area contributed by atoms with Gasteiger partial charge in [-0.2, -0.15) is 13.2 Å². The van der Waals surface area contributed by atoms with Crippen LogP contribution in [0.4, 0.5) is 18.9 Å². The first-order valence-corrected chi connectivity index (χ1v) is 7.53. The fourth-order valence-corrected chi connectivity index (χ4v) is 3.89. The van der Waals surface area contributed by atoms with E-state index in [9.17, 15) is 13.2 Å². The van der Waals surface area contributed by atoms with Crippen LogP contribution >= 0.6 is 12.2 Å². The second-order valence-electron chi connectivity index (χ2n) is 6.05. The fourth-order valence-electron chi connectivity index (χ4n) is 3.72.